The van der Waals surface area contributed by atoms with E-state index in [1.54, 1.807) is 20.9 Å². The van der Waals surface area contributed by atoms with Crippen LogP contribution in [0, 0.1) is 5.92 Å². The molecular formula is C16H34N2O3S. The Labute approximate surface area is 137 Å². The van der Waals surface area contributed by atoms with E-state index in [1.807, 2.05) is 0 Å². The van der Waals surface area contributed by atoms with E-state index in [0.717, 1.165) is 38.6 Å². The molecule has 1 aliphatic heterocycles. The first-order valence-electron chi connectivity index (χ1n) is 8.52. The van der Waals surface area contributed by atoms with Gasteiger partial charge in [-0.3, -0.25) is 4.90 Å². The molecule has 0 aliphatic carbocycles. The normalized spacial score (nSPS) is 21.2. The molecular weight excluding hydrogens is 300 g/mol. The van der Waals surface area contributed by atoms with Crippen molar-refractivity contribution in [2.75, 3.05) is 39.8 Å². The van der Waals surface area contributed by atoms with E-state index >= 15 is 0 Å². The van der Waals surface area contributed by atoms with Gasteiger partial charge in [0.05, 0.1) is 18.0 Å². The van der Waals surface area contributed by atoms with Crippen molar-refractivity contribution in [1.82, 2.24) is 9.21 Å². The van der Waals surface area contributed by atoms with Crippen molar-refractivity contribution in [3.8, 4) is 0 Å². The van der Waals surface area contributed by atoms with Crippen LogP contribution >= 0.6 is 0 Å². The molecule has 0 aromatic rings. The second-order valence-corrected chi connectivity index (χ2v) is 9.63. The van der Waals surface area contributed by atoms with Crippen molar-refractivity contribution in [3.05, 3.63) is 0 Å². The highest BCUT2D eigenvalue weighted by molar-refractivity contribution is 7.89. The Morgan fingerprint density at radius 2 is 1.95 bits per heavy atom. The third kappa shape index (κ3) is 6.52. The number of rotatable bonds is 9. The van der Waals surface area contributed by atoms with Gasteiger partial charge >= 0.3 is 0 Å². The van der Waals surface area contributed by atoms with Crippen LogP contribution in [0.15, 0.2) is 0 Å². The van der Waals surface area contributed by atoms with Gasteiger partial charge in [-0.25, -0.2) is 12.7 Å². The fourth-order valence-electron chi connectivity index (χ4n) is 2.69. The molecule has 0 amide bonds. The van der Waals surface area contributed by atoms with Crippen molar-refractivity contribution in [2.45, 2.75) is 58.3 Å². The minimum atomic E-state index is -3.15. The molecule has 0 aromatic carbocycles. The number of ether oxygens (including phenoxy) is 1. The van der Waals surface area contributed by atoms with Crippen LogP contribution < -0.4 is 0 Å². The van der Waals surface area contributed by atoms with E-state index < -0.39 is 10.0 Å². The van der Waals surface area contributed by atoms with E-state index in [-0.39, 0.29) is 11.4 Å². The maximum Gasteiger partial charge on any atom is 0.216 e. The predicted molar refractivity (Wildman–Crippen MR) is 91.6 cm³/mol. The molecule has 1 fully saturated rings. The Kier molecular flexibility index (Phi) is 8.32. The topological polar surface area (TPSA) is 49.9 Å². The highest BCUT2D eigenvalue weighted by Crippen LogP contribution is 2.13. The summed E-state index contributed by atoms with van der Waals surface area (Å²) in [5.74, 6) is 0.756. The maximum atomic E-state index is 12.0. The Bertz CT molecular complexity index is 410. The number of hydrogen-bond acceptors (Lipinski definition) is 4. The molecule has 0 N–H and O–H groups in total. The van der Waals surface area contributed by atoms with Gasteiger partial charge in [0.1, 0.15) is 0 Å². The molecule has 1 heterocycles. The van der Waals surface area contributed by atoms with Gasteiger partial charge < -0.3 is 4.74 Å². The monoisotopic (exact) mass is 334 g/mol. The molecule has 132 valence electrons. The van der Waals surface area contributed by atoms with Gasteiger partial charge in [0.15, 0.2) is 0 Å². The van der Waals surface area contributed by atoms with E-state index in [2.05, 4.69) is 18.7 Å². The van der Waals surface area contributed by atoms with Crippen LogP contribution in [0.1, 0.15) is 47.0 Å². The SMILES string of the molecule is CC(C)CCCN1CCOC(CCN(C)S(=O)(=O)C(C)C)C1. The molecule has 22 heavy (non-hydrogen) atoms. The van der Waals surface area contributed by atoms with Crippen molar-refractivity contribution in [1.29, 1.82) is 0 Å². The minimum absolute atomic E-state index is 0.151. The molecule has 0 aromatic heterocycles. The van der Waals surface area contributed by atoms with Crippen molar-refractivity contribution in [2.24, 2.45) is 5.92 Å². The van der Waals surface area contributed by atoms with Gasteiger partial charge in [0.2, 0.25) is 10.0 Å². The van der Waals surface area contributed by atoms with Gasteiger partial charge in [0.25, 0.3) is 0 Å². The van der Waals surface area contributed by atoms with Gasteiger partial charge in [-0.05, 0) is 45.6 Å². The number of hydrogen-bond donors (Lipinski definition) is 0. The van der Waals surface area contributed by atoms with Gasteiger partial charge in [0, 0.05) is 26.7 Å². The molecule has 0 radical (unpaired) electrons. The first-order chi connectivity index (χ1) is 10.2. The van der Waals surface area contributed by atoms with Crippen LogP contribution in [0.2, 0.25) is 0 Å². The van der Waals surface area contributed by atoms with Gasteiger partial charge in [-0.1, -0.05) is 13.8 Å². The average molecular weight is 335 g/mol. The summed E-state index contributed by atoms with van der Waals surface area (Å²) in [4.78, 5) is 2.45. The lowest BCUT2D eigenvalue weighted by Crippen LogP contribution is -2.44. The highest BCUT2D eigenvalue weighted by atomic mass is 32.2. The molecule has 0 saturated carbocycles. The molecule has 0 spiro atoms. The molecule has 5 nitrogen and oxygen atoms in total. The molecule has 1 atom stereocenters. The average Bonchev–Trinajstić information content (AvgIpc) is 2.44. The summed E-state index contributed by atoms with van der Waals surface area (Å²) in [5.41, 5.74) is 0. The van der Waals surface area contributed by atoms with Crippen LogP contribution in [0.5, 0.6) is 0 Å². The summed E-state index contributed by atoms with van der Waals surface area (Å²) in [5, 5.41) is -0.364. The Balaban J connectivity index is 2.34. The van der Waals surface area contributed by atoms with Crippen LogP contribution in [-0.4, -0.2) is 68.8 Å². The standard InChI is InChI=1S/C16H34N2O3S/c1-14(2)7-6-9-18-11-12-21-16(13-18)8-10-17(5)22(19,20)15(3)4/h14-16H,6-13H2,1-5H3. The molecule has 1 rings (SSSR count). The summed E-state index contributed by atoms with van der Waals surface area (Å²) in [7, 11) is -1.49. The lowest BCUT2D eigenvalue weighted by Gasteiger charge is -2.33. The third-order valence-electron chi connectivity index (χ3n) is 4.27. The predicted octanol–water partition coefficient (Wildman–Crippen LogP) is 2.18. The molecule has 0 bridgehead atoms. The Hall–Kier alpha value is -0.170. The molecule has 6 heteroatoms. The summed E-state index contributed by atoms with van der Waals surface area (Å²) >= 11 is 0. The lowest BCUT2D eigenvalue weighted by atomic mass is 10.1. The number of morpholine rings is 1. The van der Waals surface area contributed by atoms with E-state index in [4.69, 9.17) is 4.74 Å². The Morgan fingerprint density at radius 3 is 2.55 bits per heavy atom. The van der Waals surface area contributed by atoms with Gasteiger partial charge in [-0.15, -0.1) is 0 Å². The molecule has 1 saturated heterocycles. The van der Waals surface area contributed by atoms with Crippen LogP contribution in [0.3, 0.4) is 0 Å². The van der Waals surface area contributed by atoms with Crippen molar-refractivity contribution in [3.63, 3.8) is 0 Å². The van der Waals surface area contributed by atoms with Gasteiger partial charge in [-0.2, -0.15) is 0 Å². The number of sulfonamides is 1. The third-order valence-corrected chi connectivity index (χ3v) is 6.52. The molecule has 1 aliphatic rings. The second-order valence-electron chi connectivity index (χ2n) is 7.03. The summed E-state index contributed by atoms with van der Waals surface area (Å²) in [6, 6.07) is 0. The quantitative estimate of drug-likeness (QED) is 0.648. The first-order valence-corrected chi connectivity index (χ1v) is 10.0. The zero-order valence-corrected chi connectivity index (χ0v) is 15.7. The minimum Gasteiger partial charge on any atom is -0.376 e. The van der Waals surface area contributed by atoms with Crippen LogP contribution in [0.4, 0.5) is 0 Å². The maximum absolute atomic E-state index is 12.0. The molecule has 1 unspecified atom stereocenters. The highest BCUT2D eigenvalue weighted by Gasteiger charge is 2.25. The first kappa shape index (κ1) is 19.9. The summed E-state index contributed by atoms with van der Waals surface area (Å²) in [6.07, 6.45) is 3.41. The van der Waals surface area contributed by atoms with Crippen molar-refractivity contribution < 1.29 is 13.2 Å². The van der Waals surface area contributed by atoms with Crippen LogP contribution in [-0.2, 0) is 14.8 Å². The fraction of sp³-hybridized carbons (Fsp3) is 1.00. The zero-order valence-electron chi connectivity index (χ0n) is 14.9. The van der Waals surface area contributed by atoms with E-state index in [1.165, 1.54) is 17.1 Å². The number of nitrogens with zero attached hydrogens (tertiary/aromatic N) is 2. The zero-order chi connectivity index (χ0) is 16.8. The lowest BCUT2D eigenvalue weighted by molar-refractivity contribution is -0.0335. The Morgan fingerprint density at radius 1 is 1.27 bits per heavy atom. The van der Waals surface area contributed by atoms with E-state index in [9.17, 15) is 8.42 Å². The largest absolute Gasteiger partial charge is 0.376 e. The fourth-order valence-corrected chi connectivity index (χ4v) is 3.77. The summed E-state index contributed by atoms with van der Waals surface area (Å²) < 4.78 is 31.4. The van der Waals surface area contributed by atoms with Crippen molar-refractivity contribution >= 4 is 10.0 Å². The van der Waals surface area contributed by atoms with E-state index in [0.29, 0.717) is 6.54 Å². The van der Waals surface area contributed by atoms with Crippen LogP contribution in [0.25, 0.3) is 0 Å². The second kappa shape index (κ2) is 9.21. The summed E-state index contributed by atoms with van der Waals surface area (Å²) in [6.45, 7) is 12.3. The smallest absolute Gasteiger partial charge is 0.216 e.